The molecule has 0 radical (unpaired) electrons. The van der Waals surface area contributed by atoms with Crippen molar-refractivity contribution in [2.75, 3.05) is 19.3 Å². The second-order valence-electron chi connectivity index (χ2n) is 11.8. The molecule has 260 valence electrons. The standard InChI is InChI=1S/C32H40N3O12P/c1-7-43-31(40)47-46-29(38)20(4)34(18-26-23-13-14-24(25(26)17-23)22-11-9-8-10-12-22)35-27(36)15-16-48(35,42)32(6,41)33-30(39)45-21(5)44-28(37)19(2)3/h8-14,17,19-21,26,41H,7,15-16,18H2,1-6H3,(H,33,39). The van der Waals surface area contributed by atoms with Gasteiger partial charge in [0.25, 0.3) is 0 Å². The first-order chi connectivity index (χ1) is 22.6. The number of aliphatic hydroxyl groups is 1. The van der Waals surface area contributed by atoms with Gasteiger partial charge in [0.1, 0.15) is 6.04 Å². The first-order valence-corrected chi connectivity index (χ1v) is 17.3. The van der Waals surface area contributed by atoms with E-state index in [4.69, 9.17) is 14.4 Å². The van der Waals surface area contributed by atoms with Crippen molar-refractivity contribution in [3.05, 3.63) is 65.3 Å². The highest BCUT2D eigenvalue weighted by Gasteiger charge is 2.58. The third kappa shape index (κ3) is 7.64. The Morgan fingerprint density at radius 3 is 2.38 bits per heavy atom. The average molecular weight is 690 g/mol. The molecular formula is C32H40N3O12P. The Bertz CT molecular complexity index is 1580. The lowest BCUT2D eigenvalue weighted by Gasteiger charge is -2.46. The van der Waals surface area contributed by atoms with Gasteiger partial charge in [-0.3, -0.25) is 19.5 Å². The van der Waals surface area contributed by atoms with Gasteiger partial charge in [0, 0.05) is 32.0 Å². The number of carbonyl (C=O) groups excluding carboxylic acids is 5. The van der Waals surface area contributed by atoms with Crippen LogP contribution in [-0.2, 0) is 42.9 Å². The number of nitrogens with zero attached hydrogens (tertiary/aromatic N) is 2. The second-order valence-corrected chi connectivity index (χ2v) is 14.9. The molecule has 0 aromatic heterocycles. The quantitative estimate of drug-likeness (QED) is 0.104. The van der Waals surface area contributed by atoms with Crippen LogP contribution in [0.1, 0.15) is 53.5 Å². The summed E-state index contributed by atoms with van der Waals surface area (Å²) in [5.41, 5.74) is 1.04. The highest BCUT2D eigenvalue weighted by Crippen LogP contribution is 2.64. The van der Waals surface area contributed by atoms with Crippen molar-refractivity contribution in [1.29, 1.82) is 0 Å². The molecule has 2 aliphatic carbocycles. The Morgan fingerprint density at radius 2 is 1.75 bits per heavy atom. The number of carbonyl (C=O) groups is 5. The summed E-state index contributed by atoms with van der Waals surface area (Å²) in [5, 5.41) is 14.9. The van der Waals surface area contributed by atoms with Gasteiger partial charge in [-0.25, -0.2) is 24.1 Å². The number of ether oxygens (including phenoxy) is 3. The van der Waals surface area contributed by atoms with Crippen LogP contribution in [0.2, 0.25) is 0 Å². The van der Waals surface area contributed by atoms with E-state index in [-0.39, 0.29) is 31.7 Å². The van der Waals surface area contributed by atoms with Crippen LogP contribution >= 0.6 is 7.29 Å². The fraction of sp³-hybridized carbons (Fsp3) is 0.469. The fourth-order valence-electron chi connectivity index (χ4n) is 5.39. The van der Waals surface area contributed by atoms with E-state index in [1.807, 2.05) is 48.6 Å². The predicted molar refractivity (Wildman–Crippen MR) is 169 cm³/mol. The lowest BCUT2D eigenvalue weighted by Crippen LogP contribution is -2.57. The van der Waals surface area contributed by atoms with E-state index in [0.29, 0.717) is 0 Å². The first kappa shape index (κ1) is 36.4. The van der Waals surface area contributed by atoms with Crippen molar-refractivity contribution >= 4 is 43.0 Å². The number of allylic oxidation sites excluding steroid dienone is 4. The van der Waals surface area contributed by atoms with Gasteiger partial charge in [0.05, 0.1) is 12.5 Å². The molecule has 1 fully saturated rings. The van der Waals surface area contributed by atoms with Crippen LogP contribution in [0.4, 0.5) is 9.59 Å². The molecule has 0 saturated carbocycles. The molecule has 2 N–H and O–H groups in total. The molecule has 1 saturated heterocycles. The number of esters is 1. The maximum atomic E-state index is 14.8. The highest BCUT2D eigenvalue weighted by atomic mass is 31.2. The van der Waals surface area contributed by atoms with Crippen LogP contribution < -0.4 is 5.32 Å². The summed E-state index contributed by atoms with van der Waals surface area (Å²) in [6, 6.07) is 8.16. The van der Waals surface area contributed by atoms with Gasteiger partial charge in [-0.05, 0) is 43.1 Å². The minimum atomic E-state index is -4.37. The molecule has 2 amide bonds. The van der Waals surface area contributed by atoms with Crippen LogP contribution in [0.25, 0.3) is 5.57 Å². The van der Waals surface area contributed by atoms with Crippen LogP contribution in [0.5, 0.6) is 0 Å². The van der Waals surface area contributed by atoms with Crippen molar-refractivity contribution in [3.8, 4) is 0 Å². The molecule has 5 atom stereocenters. The largest absolute Gasteiger partial charge is 0.549 e. The summed E-state index contributed by atoms with van der Waals surface area (Å²) in [4.78, 5) is 72.3. The van der Waals surface area contributed by atoms with Gasteiger partial charge in [-0.15, -0.1) is 0 Å². The zero-order valence-corrected chi connectivity index (χ0v) is 28.4. The lowest BCUT2D eigenvalue weighted by atomic mass is 9.70. The molecule has 1 aromatic carbocycles. The SMILES string of the molecule is CCOC(=O)OOC(=O)C(C)N(CC1c2ccc(-c3ccccc3)c1c2)N1C(=O)CCP1(=O)C(C)(O)NC(=O)OC(C)OC(=O)C(C)C. The van der Waals surface area contributed by atoms with Crippen molar-refractivity contribution in [2.45, 2.75) is 65.8 Å². The smallest absolute Gasteiger partial charge is 0.432 e. The number of hydrazine groups is 1. The van der Waals surface area contributed by atoms with Gasteiger partial charge in [-0.2, -0.15) is 9.80 Å². The van der Waals surface area contributed by atoms with E-state index >= 15 is 0 Å². The number of fused-ring (bicyclic) bond motifs is 2. The van der Waals surface area contributed by atoms with Gasteiger partial charge < -0.3 is 19.3 Å². The van der Waals surface area contributed by atoms with Gasteiger partial charge in [-0.1, -0.05) is 62.4 Å². The van der Waals surface area contributed by atoms with Gasteiger partial charge >= 0.3 is 24.2 Å². The average Bonchev–Trinajstić information content (AvgIpc) is 3.35. The van der Waals surface area contributed by atoms with E-state index in [1.165, 1.54) is 25.8 Å². The number of amides is 2. The molecule has 2 bridgehead atoms. The zero-order chi connectivity index (χ0) is 35.4. The van der Waals surface area contributed by atoms with E-state index in [2.05, 4.69) is 14.9 Å². The Balaban J connectivity index is 1.62. The normalized spacial score (nSPS) is 22.3. The second kappa shape index (κ2) is 14.8. The van der Waals surface area contributed by atoms with Gasteiger partial charge in [0.2, 0.25) is 25.0 Å². The van der Waals surface area contributed by atoms with E-state index in [1.54, 1.807) is 13.8 Å². The van der Waals surface area contributed by atoms with Crippen molar-refractivity contribution in [3.63, 3.8) is 0 Å². The van der Waals surface area contributed by atoms with Crippen molar-refractivity contribution < 1.29 is 57.6 Å². The predicted octanol–water partition coefficient (Wildman–Crippen LogP) is 4.25. The van der Waals surface area contributed by atoms with E-state index in [0.717, 1.165) is 34.0 Å². The maximum Gasteiger partial charge on any atom is 0.549 e. The molecule has 48 heavy (non-hydrogen) atoms. The topological polar surface area (TPSA) is 187 Å². The van der Waals surface area contributed by atoms with Gasteiger partial charge in [0.15, 0.2) is 0 Å². The maximum absolute atomic E-state index is 14.8. The monoisotopic (exact) mass is 689 g/mol. The van der Waals surface area contributed by atoms with E-state index < -0.39 is 61.1 Å². The summed E-state index contributed by atoms with van der Waals surface area (Å²) in [5.74, 6) is -3.34. The number of nitrogens with one attached hydrogen (secondary N) is 1. The molecule has 1 aliphatic heterocycles. The summed E-state index contributed by atoms with van der Waals surface area (Å²) in [6.45, 7) is 8.24. The Hall–Kier alpha value is -4.46. The van der Waals surface area contributed by atoms with E-state index in [9.17, 15) is 33.6 Å². The molecule has 1 aromatic rings. The Labute approximate surface area is 277 Å². The minimum absolute atomic E-state index is 0.0455. The van der Waals surface area contributed by atoms with Crippen molar-refractivity contribution in [2.24, 2.45) is 11.8 Å². The fourth-order valence-corrected chi connectivity index (χ4v) is 8.20. The molecule has 15 nitrogen and oxygen atoms in total. The first-order valence-electron chi connectivity index (χ1n) is 15.4. The summed E-state index contributed by atoms with van der Waals surface area (Å²) in [7, 11) is -4.37. The molecule has 16 heteroatoms. The molecule has 3 aliphatic rings. The molecule has 5 unspecified atom stereocenters. The number of hydrogen-bond acceptors (Lipinski definition) is 13. The van der Waals surface area contributed by atoms with Crippen molar-refractivity contribution in [1.82, 2.24) is 15.1 Å². The molecular weight excluding hydrogens is 649 g/mol. The molecule has 4 rings (SSSR count). The number of hydrogen-bond donors (Lipinski definition) is 2. The van der Waals surface area contributed by atoms with Crippen LogP contribution in [-0.4, -0.2) is 82.1 Å². The molecule has 0 spiro atoms. The van der Waals surface area contributed by atoms with Crippen LogP contribution in [0.3, 0.4) is 0 Å². The third-order valence-electron chi connectivity index (χ3n) is 8.00. The Morgan fingerprint density at radius 1 is 1.06 bits per heavy atom. The minimum Gasteiger partial charge on any atom is -0.432 e. The summed E-state index contributed by atoms with van der Waals surface area (Å²) in [6.07, 6.45) is 1.25. The summed E-state index contributed by atoms with van der Waals surface area (Å²) >= 11 is 0. The lowest BCUT2D eigenvalue weighted by molar-refractivity contribution is -0.249. The van der Waals surface area contributed by atoms with Crippen LogP contribution in [0, 0.1) is 11.8 Å². The Kier molecular flexibility index (Phi) is 11.2. The molecule has 1 heterocycles. The number of alkyl carbamates (subject to hydrolysis) is 1. The highest BCUT2D eigenvalue weighted by molar-refractivity contribution is 7.64. The zero-order valence-electron chi connectivity index (χ0n) is 27.5. The number of benzene rings is 1. The summed E-state index contributed by atoms with van der Waals surface area (Å²) < 4.78 is 30.3. The number of rotatable bonds is 12. The third-order valence-corrected chi connectivity index (χ3v) is 11.4. The van der Waals surface area contributed by atoms with Crippen LogP contribution in [0.15, 0.2) is 59.7 Å².